The van der Waals surface area contributed by atoms with Gasteiger partial charge in [0.2, 0.25) is 0 Å². The lowest BCUT2D eigenvalue weighted by Crippen LogP contribution is -2.28. The minimum absolute atomic E-state index is 0.138. The van der Waals surface area contributed by atoms with Crippen LogP contribution >= 0.6 is 0 Å². The summed E-state index contributed by atoms with van der Waals surface area (Å²) in [6, 6.07) is 20.3. The maximum Gasteiger partial charge on any atom is 0.165 e. The molecule has 2 aliphatic carbocycles. The van der Waals surface area contributed by atoms with Crippen LogP contribution in [0.15, 0.2) is 60.7 Å². The zero-order valence-corrected chi connectivity index (χ0v) is 14.7. The summed E-state index contributed by atoms with van der Waals surface area (Å²) in [6.07, 6.45) is 7.51. The summed E-state index contributed by atoms with van der Waals surface area (Å²) in [5.41, 5.74) is 2.40. The molecule has 2 nitrogen and oxygen atoms in total. The Morgan fingerprint density at radius 1 is 0.840 bits per heavy atom. The second kappa shape index (κ2) is 7.13. The normalized spacial score (nSPS) is 25.1. The maximum absolute atomic E-state index is 11.6. The van der Waals surface area contributed by atoms with Gasteiger partial charge in [-0.25, -0.2) is 0 Å². The van der Waals surface area contributed by atoms with Gasteiger partial charge in [0.15, 0.2) is 5.78 Å². The number of hydrogen-bond donors (Lipinski definition) is 0. The van der Waals surface area contributed by atoms with Crippen molar-refractivity contribution in [3.63, 3.8) is 0 Å². The fourth-order valence-electron chi connectivity index (χ4n) is 3.82. The molecular formula is C23H26O2. The number of ether oxygens (including phenoxy) is 1. The summed E-state index contributed by atoms with van der Waals surface area (Å²) in [6.45, 7) is 0.946. The SMILES string of the molecule is O=C(c1ccccc1)C1CCC1.c1ccc(C2(C3CCC3)CO2)cc1. The first-order valence-corrected chi connectivity index (χ1v) is 9.58. The Bertz CT molecular complexity index is 695. The van der Waals surface area contributed by atoms with Crippen molar-refractivity contribution < 1.29 is 9.53 Å². The lowest BCUT2D eigenvalue weighted by atomic mass is 9.73. The minimum atomic E-state index is 0.138. The van der Waals surface area contributed by atoms with E-state index in [1.807, 2.05) is 30.3 Å². The fraction of sp³-hybridized carbons (Fsp3) is 0.435. The Labute approximate surface area is 150 Å². The molecule has 5 rings (SSSR count). The van der Waals surface area contributed by atoms with Crippen molar-refractivity contribution in [3.8, 4) is 0 Å². The molecule has 2 aromatic carbocycles. The van der Waals surface area contributed by atoms with E-state index in [2.05, 4.69) is 30.3 Å². The lowest BCUT2D eigenvalue weighted by molar-refractivity contribution is 0.0855. The number of benzene rings is 2. The van der Waals surface area contributed by atoms with Crippen LogP contribution in [0.2, 0.25) is 0 Å². The van der Waals surface area contributed by atoms with Crippen LogP contribution in [0.5, 0.6) is 0 Å². The average Bonchev–Trinajstić information content (AvgIpc) is 3.35. The molecule has 0 aromatic heterocycles. The third-order valence-electron chi connectivity index (χ3n) is 6.02. The topological polar surface area (TPSA) is 29.6 Å². The highest BCUT2D eigenvalue weighted by Gasteiger charge is 2.54. The van der Waals surface area contributed by atoms with Gasteiger partial charge in [-0.15, -0.1) is 0 Å². The van der Waals surface area contributed by atoms with Gasteiger partial charge in [0, 0.05) is 11.5 Å². The van der Waals surface area contributed by atoms with Crippen molar-refractivity contribution in [1.29, 1.82) is 0 Å². The molecule has 3 fully saturated rings. The van der Waals surface area contributed by atoms with E-state index in [0.717, 1.165) is 30.9 Å². The van der Waals surface area contributed by atoms with Gasteiger partial charge in [-0.05, 0) is 37.2 Å². The first-order chi connectivity index (χ1) is 12.3. The number of carbonyl (C=O) groups is 1. The van der Waals surface area contributed by atoms with E-state index in [4.69, 9.17) is 4.74 Å². The summed E-state index contributed by atoms with van der Waals surface area (Å²) in [5, 5.41) is 0. The Balaban J connectivity index is 0.000000126. The van der Waals surface area contributed by atoms with E-state index in [-0.39, 0.29) is 5.60 Å². The molecule has 0 N–H and O–H groups in total. The van der Waals surface area contributed by atoms with Crippen molar-refractivity contribution in [3.05, 3.63) is 71.8 Å². The molecule has 0 amide bonds. The van der Waals surface area contributed by atoms with Gasteiger partial charge in [-0.2, -0.15) is 0 Å². The smallest absolute Gasteiger partial charge is 0.165 e. The van der Waals surface area contributed by atoms with E-state index in [1.165, 1.54) is 31.2 Å². The van der Waals surface area contributed by atoms with Gasteiger partial charge < -0.3 is 4.74 Å². The molecule has 0 spiro atoms. The number of epoxide rings is 1. The summed E-state index contributed by atoms with van der Waals surface area (Å²) >= 11 is 0. The molecule has 0 bridgehead atoms. The summed E-state index contributed by atoms with van der Waals surface area (Å²) in [4.78, 5) is 11.6. The quantitative estimate of drug-likeness (QED) is 0.555. The maximum atomic E-state index is 11.6. The molecule has 0 radical (unpaired) electrons. The number of ketones is 1. The van der Waals surface area contributed by atoms with Crippen LogP contribution in [0.25, 0.3) is 0 Å². The van der Waals surface area contributed by atoms with E-state index in [1.54, 1.807) is 0 Å². The largest absolute Gasteiger partial charge is 0.364 e. The lowest BCUT2D eigenvalue weighted by Gasteiger charge is -2.31. The van der Waals surface area contributed by atoms with Crippen molar-refractivity contribution in [2.24, 2.45) is 11.8 Å². The second-order valence-corrected chi connectivity index (χ2v) is 7.53. The third kappa shape index (κ3) is 3.41. The summed E-state index contributed by atoms with van der Waals surface area (Å²) in [7, 11) is 0. The predicted molar refractivity (Wildman–Crippen MR) is 99.5 cm³/mol. The van der Waals surface area contributed by atoms with Gasteiger partial charge in [0.1, 0.15) is 5.60 Å². The standard InChI is InChI=1S/C12H14O.C11H12O/c1-2-5-10(6-3-1)12(9-13-12)11-7-4-8-11;12-11(10-7-4-8-10)9-5-2-1-3-6-9/h1-3,5-6,11H,4,7-9H2;1-3,5-6,10H,4,7-8H2. The minimum Gasteiger partial charge on any atom is -0.364 e. The van der Waals surface area contributed by atoms with Gasteiger partial charge in [-0.1, -0.05) is 73.5 Å². The molecule has 2 aromatic rings. The van der Waals surface area contributed by atoms with Crippen molar-refractivity contribution in [2.45, 2.75) is 44.1 Å². The molecule has 3 aliphatic rings. The monoisotopic (exact) mass is 334 g/mol. The highest BCUT2D eigenvalue weighted by atomic mass is 16.6. The highest BCUT2D eigenvalue weighted by molar-refractivity contribution is 5.98. The van der Waals surface area contributed by atoms with Crippen molar-refractivity contribution >= 4 is 5.78 Å². The zero-order valence-electron chi connectivity index (χ0n) is 14.7. The van der Waals surface area contributed by atoms with Crippen molar-refractivity contribution in [2.75, 3.05) is 6.61 Å². The van der Waals surface area contributed by atoms with Gasteiger partial charge >= 0.3 is 0 Å². The predicted octanol–water partition coefficient (Wildman–Crippen LogP) is 5.38. The highest BCUT2D eigenvalue weighted by Crippen LogP contribution is 2.53. The fourth-order valence-corrected chi connectivity index (χ4v) is 3.82. The molecule has 1 saturated heterocycles. The van der Waals surface area contributed by atoms with E-state index in [9.17, 15) is 4.79 Å². The van der Waals surface area contributed by atoms with Crippen LogP contribution in [-0.2, 0) is 10.3 Å². The van der Waals surface area contributed by atoms with Crippen LogP contribution in [-0.4, -0.2) is 12.4 Å². The number of Topliss-reactive ketones (excluding diaryl/α,β-unsaturated/α-hetero) is 1. The Hall–Kier alpha value is -1.93. The molecular weight excluding hydrogens is 308 g/mol. The molecule has 2 saturated carbocycles. The van der Waals surface area contributed by atoms with E-state index in [0.29, 0.717) is 11.7 Å². The molecule has 2 heteroatoms. The molecule has 1 heterocycles. The Morgan fingerprint density at radius 3 is 1.84 bits per heavy atom. The van der Waals surface area contributed by atoms with Crippen LogP contribution in [0.4, 0.5) is 0 Å². The van der Waals surface area contributed by atoms with E-state index < -0.39 is 0 Å². The van der Waals surface area contributed by atoms with Crippen LogP contribution in [0, 0.1) is 11.8 Å². The number of hydrogen-bond acceptors (Lipinski definition) is 2. The molecule has 25 heavy (non-hydrogen) atoms. The second-order valence-electron chi connectivity index (χ2n) is 7.53. The average molecular weight is 334 g/mol. The van der Waals surface area contributed by atoms with Crippen molar-refractivity contribution in [1.82, 2.24) is 0 Å². The van der Waals surface area contributed by atoms with Gasteiger partial charge in [-0.3, -0.25) is 4.79 Å². The number of rotatable bonds is 4. The summed E-state index contributed by atoms with van der Waals surface area (Å²) in [5.74, 6) is 1.46. The third-order valence-corrected chi connectivity index (χ3v) is 6.02. The Kier molecular flexibility index (Phi) is 4.72. The first-order valence-electron chi connectivity index (χ1n) is 9.58. The number of carbonyl (C=O) groups excluding carboxylic acids is 1. The Morgan fingerprint density at radius 2 is 1.40 bits per heavy atom. The first kappa shape index (κ1) is 16.5. The van der Waals surface area contributed by atoms with Gasteiger partial charge in [0.25, 0.3) is 0 Å². The molecule has 130 valence electrons. The van der Waals surface area contributed by atoms with Crippen LogP contribution in [0.1, 0.15) is 54.4 Å². The molecule has 1 aliphatic heterocycles. The van der Waals surface area contributed by atoms with Gasteiger partial charge in [0.05, 0.1) is 6.61 Å². The molecule has 1 unspecified atom stereocenters. The zero-order chi connectivity index (χ0) is 17.1. The summed E-state index contributed by atoms with van der Waals surface area (Å²) < 4.78 is 5.69. The van der Waals surface area contributed by atoms with E-state index >= 15 is 0 Å². The molecule has 1 atom stereocenters. The van der Waals surface area contributed by atoms with Crippen LogP contribution < -0.4 is 0 Å². The van der Waals surface area contributed by atoms with Crippen LogP contribution in [0.3, 0.4) is 0 Å².